The van der Waals surface area contributed by atoms with Crippen molar-refractivity contribution in [3.8, 4) is 5.75 Å². The van der Waals surface area contributed by atoms with E-state index < -0.39 is 35.6 Å². The van der Waals surface area contributed by atoms with Crippen LogP contribution in [0.15, 0.2) is 72.8 Å². The van der Waals surface area contributed by atoms with Crippen LogP contribution in [-0.4, -0.2) is 69.3 Å². The molecule has 1 aliphatic rings. The Balaban J connectivity index is 1.45. The van der Waals surface area contributed by atoms with Crippen molar-refractivity contribution >= 4 is 51.7 Å². The first-order chi connectivity index (χ1) is 23.9. The molecule has 4 aromatic carbocycles. The number of hydrogen-bond acceptors (Lipinski definition) is 9. The van der Waals surface area contributed by atoms with Gasteiger partial charge in [-0.05, 0) is 40.1 Å². The topological polar surface area (TPSA) is 159 Å². The number of hydrogen-bond donors (Lipinski definition) is 3. The third-order valence-electron chi connectivity index (χ3n) is 8.62. The quantitative estimate of drug-likeness (QED) is 0.143. The first kappa shape index (κ1) is 35.7. The van der Waals surface area contributed by atoms with Gasteiger partial charge in [-0.3, -0.25) is 9.59 Å². The van der Waals surface area contributed by atoms with Gasteiger partial charge in [-0.25, -0.2) is 9.59 Å². The maximum Gasteiger partial charge on any atom is 0.343 e. The van der Waals surface area contributed by atoms with Crippen molar-refractivity contribution in [3.05, 3.63) is 95.1 Å². The molecule has 1 fully saturated rings. The van der Waals surface area contributed by atoms with Crippen molar-refractivity contribution in [2.75, 3.05) is 50.8 Å². The van der Waals surface area contributed by atoms with Crippen molar-refractivity contribution in [2.24, 2.45) is 0 Å². The van der Waals surface area contributed by atoms with Crippen LogP contribution in [0, 0.1) is 0 Å². The van der Waals surface area contributed by atoms with Crippen LogP contribution in [0.25, 0.3) is 10.8 Å². The Hall–Kier alpha value is -5.62. The number of nitrogen functional groups attached to an aromatic ring is 1. The number of anilines is 3. The first-order valence-electron chi connectivity index (χ1n) is 16.1. The molecule has 12 heteroatoms. The van der Waals surface area contributed by atoms with Gasteiger partial charge in [0.05, 0.1) is 57.5 Å². The number of rotatable bonds is 8. The average Bonchev–Trinajstić information content (AvgIpc) is 3.11. The number of esters is 2. The predicted molar refractivity (Wildman–Crippen MR) is 191 cm³/mol. The molecular weight excluding hydrogens is 640 g/mol. The maximum atomic E-state index is 14.2. The van der Waals surface area contributed by atoms with Crippen molar-refractivity contribution < 1.29 is 38.1 Å². The summed E-state index contributed by atoms with van der Waals surface area (Å²) < 4.78 is 21.6. The summed E-state index contributed by atoms with van der Waals surface area (Å²) in [6.07, 6.45) is -1.01. The summed E-state index contributed by atoms with van der Waals surface area (Å²) >= 11 is 0. The zero-order valence-electron chi connectivity index (χ0n) is 29.0. The number of nitrogens with zero attached hydrogens (tertiary/aromatic N) is 1. The molecule has 262 valence electrons. The number of carbonyl (C=O) groups is 4. The van der Waals surface area contributed by atoms with Crippen LogP contribution in [0.5, 0.6) is 5.75 Å². The van der Waals surface area contributed by atoms with E-state index in [1.807, 2.05) is 75.4 Å². The molecule has 2 unspecified atom stereocenters. The Kier molecular flexibility index (Phi) is 10.6. The van der Waals surface area contributed by atoms with E-state index in [0.29, 0.717) is 27.6 Å². The zero-order chi connectivity index (χ0) is 36.2. The van der Waals surface area contributed by atoms with Gasteiger partial charge < -0.3 is 40.2 Å². The van der Waals surface area contributed by atoms with Gasteiger partial charge in [0.15, 0.2) is 5.75 Å². The lowest BCUT2D eigenvalue weighted by atomic mass is 9.84. The van der Waals surface area contributed by atoms with Gasteiger partial charge in [-0.2, -0.15) is 0 Å². The monoisotopic (exact) mass is 682 g/mol. The van der Waals surface area contributed by atoms with Crippen molar-refractivity contribution in [3.63, 3.8) is 0 Å². The van der Waals surface area contributed by atoms with E-state index in [2.05, 4.69) is 10.6 Å². The highest BCUT2D eigenvalue weighted by Crippen LogP contribution is 2.41. The number of ether oxygens (including phenoxy) is 4. The summed E-state index contributed by atoms with van der Waals surface area (Å²) in [5.74, 6) is -1.31. The van der Waals surface area contributed by atoms with Gasteiger partial charge in [0.2, 0.25) is 0 Å². The second kappa shape index (κ2) is 14.9. The number of fused-ring (bicyclic) bond motifs is 1. The van der Waals surface area contributed by atoms with Crippen LogP contribution in [0.3, 0.4) is 0 Å². The summed E-state index contributed by atoms with van der Waals surface area (Å²) in [4.78, 5) is 54.3. The van der Waals surface area contributed by atoms with Crippen LogP contribution < -0.4 is 21.1 Å². The molecule has 50 heavy (non-hydrogen) atoms. The molecule has 5 rings (SSSR count). The number of amides is 3. The average molecular weight is 683 g/mol. The molecule has 0 aromatic heterocycles. The number of methoxy groups -OCH3 is 3. The van der Waals surface area contributed by atoms with Crippen LogP contribution in [-0.2, 0) is 24.4 Å². The smallest absolute Gasteiger partial charge is 0.343 e. The summed E-state index contributed by atoms with van der Waals surface area (Å²) in [6, 6.07) is 21.2. The van der Waals surface area contributed by atoms with E-state index in [9.17, 15) is 19.2 Å². The summed E-state index contributed by atoms with van der Waals surface area (Å²) in [7, 11) is 3.93. The predicted octanol–water partition coefficient (Wildman–Crippen LogP) is 6.30. The molecule has 1 saturated heterocycles. The van der Waals surface area contributed by atoms with Crippen LogP contribution in [0.1, 0.15) is 65.1 Å². The van der Waals surface area contributed by atoms with E-state index in [1.165, 1.54) is 21.3 Å². The van der Waals surface area contributed by atoms with Gasteiger partial charge in [0.25, 0.3) is 5.91 Å². The number of nitrogens with one attached hydrogen (secondary N) is 2. The molecule has 1 aliphatic heterocycles. The third kappa shape index (κ3) is 7.50. The van der Waals surface area contributed by atoms with E-state index in [-0.39, 0.29) is 48.1 Å². The number of benzene rings is 4. The van der Waals surface area contributed by atoms with Gasteiger partial charge in [-0.15, -0.1) is 0 Å². The minimum atomic E-state index is -0.702. The number of nitrogens with two attached hydrogens (primary N) is 1. The minimum absolute atomic E-state index is 0.000504. The SMILES string of the molecule is COC(=O)CC1CN(C(=O)c2ccc(NC(=O)Nc3cc(C(C)(C)C)c(N)c(C(=O)OC)c3OC)c3ccccc23)CC(c2ccccc2)O1. The number of carbonyl (C=O) groups excluding carboxylic acids is 4. The molecule has 0 bridgehead atoms. The Labute approximate surface area is 290 Å². The summed E-state index contributed by atoms with van der Waals surface area (Å²) in [5, 5.41) is 6.93. The normalized spacial score (nSPS) is 16.0. The van der Waals surface area contributed by atoms with Gasteiger partial charge in [-0.1, -0.05) is 75.4 Å². The molecular formula is C38H42N4O8. The third-order valence-corrected chi connectivity index (χ3v) is 8.62. The fourth-order valence-electron chi connectivity index (χ4n) is 6.19. The minimum Gasteiger partial charge on any atom is -0.494 e. The standard InChI is InChI=1S/C38H42N4O8/c1-38(2,3)27-19-29(34(48-5)32(33(27)39)36(45)49-6)41-37(46)40-28-17-16-26(24-14-10-11-15-25(24)28)35(44)42-20-23(18-31(43)47-4)50-30(21-42)22-12-8-7-9-13-22/h7-17,19,23,30H,18,20-21,39H2,1-6H3,(H2,40,41,46). The van der Waals surface area contributed by atoms with Gasteiger partial charge >= 0.3 is 18.0 Å². The van der Waals surface area contributed by atoms with E-state index >= 15 is 0 Å². The highest BCUT2D eigenvalue weighted by molar-refractivity contribution is 6.14. The zero-order valence-corrected chi connectivity index (χ0v) is 29.0. The fourth-order valence-corrected chi connectivity index (χ4v) is 6.19. The van der Waals surface area contributed by atoms with E-state index in [0.717, 1.165) is 5.56 Å². The van der Waals surface area contributed by atoms with Crippen molar-refractivity contribution in [1.82, 2.24) is 4.90 Å². The molecule has 0 spiro atoms. The highest BCUT2D eigenvalue weighted by atomic mass is 16.5. The largest absolute Gasteiger partial charge is 0.494 e. The highest BCUT2D eigenvalue weighted by Gasteiger charge is 2.34. The lowest BCUT2D eigenvalue weighted by molar-refractivity contribution is -0.148. The van der Waals surface area contributed by atoms with Crippen molar-refractivity contribution in [2.45, 2.75) is 44.8 Å². The fraction of sp³-hybridized carbons (Fsp3) is 0.316. The molecule has 2 atom stereocenters. The molecule has 0 radical (unpaired) electrons. The van der Waals surface area contributed by atoms with Crippen LogP contribution in [0.4, 0.5) is 21.9 Å². The molecule has 4 aromatic rings. The maximum absolute atomic E-state index is 14.2. The molecule has 0 saturated carbocycles. The second-order valence-corrected chi connectivity index (χ2v) is 13.0. The van der Waals surface area contributed by atoms with Gasteiger partial charge in [0, 0.05) is 17.5 Å². The second-order valence-electron chi connectivity index (χ2n) is 13.0. The van der Waals surface area contributed by atoms with Crippen LogP contribution >= 0.6 is 0 Å². The lowest BCUT2D eigenvalue weighted by Crippen LogP contribution is -2.47. The molecule has 3 amide bonds. The van der Waals surface area contributed by atoms with Gasteiger partial charge in [0.1, 0.15) is 11.7 Å². The summed E-state index contributed by atoms with van der Waals surface area (Å²) in [5.41, 5.74) is 8.74. The Morgan fingerprint density at radius 3 is 2.16 bits per heavy atom. The Morgan fingerprint density at radius 1 is 0.860 bits per heavy atom. The Morgan fingerprint density at radius 2 is 1.52 bits per heavy atom. The Bertz CT molecular complexity index is 1920. The van der Waals surface area contributed by atoms with Crippen LogP contribution in [0.2, 0.25) is 0 Å². The van der Waals surface area contributed by atoms with E-state index in [1.54, 1.807) is 23.1 Å². The molecule has 4 N–H and O–H groups in total. The summed E-state index contributed by atoms with van der Waals surface area (Å²) in [6.45, 7) is 6.28. The number of urea groups is 1. The number of morpholine rings is 1. The van der Waals surface area contributed by atoms with E-state index in [4.69, 9.17) is 24.7 Å². The lowest BCUT2D eigenvalue weighted by Gasteiger charge is -2.38. The molecule has 0 aliphatic carbocycles. The van der Waals surface area contributed by atoms with Crippen molar-refractivity contribution in [1.29, 1.82) is 0 Å². The first-order valence-corrected chi connectivity index (χ1v) is 16.1. The molecule has 1 heterocycles. The molecule has 12 nitrogen and oxygen atoms in total.